The third-order valence-electron chi connectivity index (χ3n) is 2.32. The first kappa shape index (κ1) is 16.5. The number of rotatable bonds is 5. The van der Waals surface area contributed by atoms with Gasteiger partial charge in [0.05, 0.1) is 35.1 Å². The number of benzene rings is 1. The predicted molar refractivity (Wildman–Crippen MR) is 80.0 cm³/mol. The van der Waals surface area contributed by atoms with E-state index in [0.717, 1.165) is 0 Å². The fourth-order valence-electron chi connectivity index (χ4n) is 1.55. The largest absolute Gasteiger partial charge is 0.495 e. The second-order valence-corrected chi connectivity index (χ2v) is 5.45. The molecule has 0 atom stereocenters. The molecule has 1 aromatic carbocycles. The fraction of sp³-hybridized carbons (Fsp3) is 0.273. The molecule has 0 aliphatic carbocycles. The minimum Gasteiger partial charge on any atom is -0.495 e. The number of ether oxygens (including phenoxy) is 2. The molecule has 0 fully saturated rings. The Morgan fingerprint density at radius 2 is 1.58 bits per heavy atom. The molecule has 0 aliphatic rings. The summed E-state index contributed by atoms with van der Waals surface area (Å²) in [5.74, 6) is -1.28. The summed E-state index contributed by atoms with van der Waals surface area (Å²) >= 11 is 9.41. The third kappa shape index (κ3) is 2.95. The first-order chi connectivity index (χ1) is 8.90. The predicted octanol–water partition coefficient (Wildman–Crippen LogP) is 3.50. The lowest BCUT2D eigenvalue weighted by atomic mass is 10.0. The van der Waals surface area contributed by atoms with E-state index in [-0.39, 0.29) is 32.4 Å². The molecule has 0 radical (unpaired) electrons. The Morgan fingerprint density at radius 3 is 1.95 bits per heavy atom. The molecule has 1 N–H and O–H groups in total. The maximum atomic E-state index is 11.9. The number of carboxylic acids is 1. The van der Waals surface area contributed by atoms with Gasteiger partial charge in [-0.25, -0.2) is 4.79 Å². The van der Waals surface area contributed by atoms with Crippen LogP contribution in [-0.2, 0) is 0 Å². The lowest BCUT2D eigenvalue weighted by Gasteiger charge is -2.17. The number of carbonyl (C=O) groups is 2. The maximum absolute atomic E-state index is 11.9. The summed E-state index contributed by atoms with van der Waals surface area (Å²) in [5, 5.41) is 9.28. The molecule has 0 unspecified atom stereocenters. The van der Waals surface area contributed by atoms with Crippen LogP contribution in [0.25, 0.3) is 0 Å². The van der Waals surface area contributed by atoms with E-state index in [1.807, 2.05) is 0 Å². The normalized spacial score (nSPS) is 10.2. The van der Waals surface area contributed by atoms with Gasteiger partial charge < -0.3 is 14.6 Å². The second kappa shape index (κ2) is 6.71. The number of Topliss-reactive ketones (excluding diaryl/α,β-unsaturated/α-hetero) is 1. The van der Waals surface area contributed by atoms with Crippen LogP contribution in [0.2, 0.25) is 0 Å². The highest BCUT2D eigenvalue weighted by Gasteiger charge is 2.30. The SMILES string of the molecule is COc1c(Br)c(OC)c(C(=O)CBr)c(C(=O)O)c1Br. The number of carbonyl (C=O) groups excluding carboxylic acids is 1. The molecule has 1 aromatic rings. The van der Waals surface area contributed by atoms with Crippen LogP contribution in [-0.4, -0.2) is 36.4 Å². The quantitative estimate of drug-likeness (QED) is 0.538. The Morgan fingerprint density at radius 1 is 1.05 bits per heavy atom. The van der Waals surface area contributed by atoms with E-state index in [0.29, 0.717) is 4.47 Å². The van der Waals surface area contributed by atoms with Crippen LogP contribution in [0.3, 0.4) is 0 Å². The monoisotopic (exact) mass is 458 g/mol. The molecule has 1 rings (SSSR count). The average Bonchev–Trinajstić information content (AvgIpc) is 2.37. The summed E-state index contributed by atoms with van der Waals surface area (Å²) in [4.78, 5) is 23.3. The third-order valence-corrected chi connectivity index (χ3v) is 4.30. The van der Waals surface area contributed by atoms with Gasteiger partial charge in [0, 0.05) is 0 Å². The van der Waals surface area contributed by atoms with Crippen LogP contribution in [0.4, 0.5) is 0 Å². The molecule has 0 spiro atoms. The second-order valence-electron chi connectivity index (χ2n) is 3.31. The standard InChI is InChI=1S/C11H9Br3O5/c1-18-9-5(4(15)3-12)6(11(16)17)7(13)10(19-2)8(9)14/h3H2,1-2H3,(H,16,17). The Kier molecular flexibility index (Phi) is 5.82. The van der Waals surface area contributed by atoms with Crippen molar-refractivity contribution in [2.45, 2.75) is 0 Å². The van der Waals surface area contributed by atoms with Crippen LogP contribution in [0.1, 0.15) is 20.7 Å². The van der Waals surface area contributed by atoms with Gasteiger partial charge in [-0.1, -0.05) is 15.9 Å². The molecule has 0 amide bonds. The van der Waals surface area contributed by atoms with Gasteiger partial charge in [0.25, 0.3) is 0 Å². The van der Waals surface area contributed by atoms with Gasteiger partial charge in [0.1, 0.15) is 10.2 Å². The van der Waals surface area contributed by atoms with Gasteiger partial charge in [-0.2, -0.15) is 0 Å². The summed E-state index contributed by atoms with van der Waals surface area (Å²) in [7, 11) is 2.74. The Hall–Kier alpha value is -0.600. The summed E-state index contributed by atoms with van der Waals surface area (Å²) in [5.41, 5.74) is -0.215. The highest BCUT2D eigenvalue weighted by atomic mass is 79.9. The number of alkyl halides is 1. The van der Waals surface area contributed by atoms with Crippen molar-refractivity contribution >= 4 is 59.5 Å². The van der Waals surface area contributed by atoms with Crippen molar-refractivity contribution in [3.8, 4) is 11.5 Å². The lowest BCUT2D eigenvalue weighted by molar-refractivity contribution is 0.0690. The Labute approximate surface area is 134 Å². The van der Waals surface area contributed by atoms with Crippen LogP contribution < -0.4 is 9.47 Å². The Balaban J connectivity index is 3.86. The summed E-state index contributed by atoms with van der Waals surface area (Å²) in [6.07, 6.45) is 0. The van der Waals surface area contributed by atoms with Crippen molar-refractivity contribution in [2.75, 3.05) is 19.5 Å². The Bertz CT molecular complexity index is 542. The van der Waals surface area contributed by atoms with Crippen molar-refractivity contribution in [3.05, 3.63) is 20.1 Å². The molecule has 5 nitrogen and oxygen atoms in total. The van der Waals surface area contributed by atoms with Gasteiger partial charge in [-0.3, -0.25) is 4.79 Å². The molecule has 0 saturated carbocycles. The summed E-state index contributed by atoms with van der Waals surface area (Å²) in [6, 6.07) is 0. The zero-order valence-corrected chi connectivity index (χ0v) is 14.7. The number of halogens is 3. The molecule has 0 aromatic heterocycles. The number of aromatic carboxylic acids is 1. The van der Waals surface area contributed by atoms with E-state index >= 15 is 0 Å². The molecule has 0 aliphatic heterocycles. The number of methoxy groups -OCH3 is 2. The zero-order chi connectivity index (χ0) is 14.7. The van der Waals surface area contributed by atoms with Gasteiger partial charge in [0.15, 0.2) is 11.5 Å². The summed E-state index contributed by atoms with van der Waals surface area (Å²) < 4.78 is 10.8. The van der Waals surface area contributed by atoms with Gasteiger partial charge in [-0.15, -0.1) is 0 Å². The van der Waals surface area contributed by atoms with Crippen molar-refractivity contribution < 1.29 is 24.2 Å². The molecule has 0 bridgehead atoms. The number of hydrogen-bond donors (Lipinski definition) is 1. The van der Waals surface area contributed by atoms with E-state index in [4.69, 9.17) is 9.47 Å². The minimum absolute atomic E-state index is 0.0190. The van der Waals surface area contributed by atoms with Crippen LogP contribution in [0, 0.1) is 0 Å². The van der Waals surface area contributed by atoms with Crippen molar-refractivity contribution in [2.24, 2.45) is 0 Å². The van der Waals surface area contributed by atoms with Crippen molar-refractivity contribution in [1.82, 2.24) is 0 Å². The highest BCUT2D eigenvalue weighted by molar-refractivity contribution is 9.11. The van der Waals surface area contributed by atoms with E-state index in [2.05, 4.69) is 47.8 Å². The highest BCUT2D eigenvalue weighted by Crippen LogP contribution is 2.45. The molecular weight excluding hydrogens is 452 g/mol. The van der Waals surface area contributed by atoms with Crippen molar-refractivity contribution in [3.63, 3.8) is 0 Å². The van der Waals surface area contributed by atoms with Gasteiger partial charge in [-0.05, 0) is 31.9 Å². The first-order valence-corrected chi connectivity index (χ1v) is 7.56. The van der Waals surface area contributed by atoms with E-state index < -0.39 is 11.8 Å². The minimum atomic E-state index is -1.25. The molecule has 104 valence electrons. The molecule has 8 heteroatoms. The van der Waals surface area contributed by atoms with E-state index in [9.17, 15) is 14.7 Å². The van der Waals surface area contributed by atoms with E-state index in [1.165, 1.54) is 14.2 Å². The maximum Gasteiger partial charge on any atom is 0.337 e. The number of hydrogen-bond acceptors (Lipinski definition) is 4. The van der Waals surface area contributed by atoms with Crippen LogP contribution >= 0.6 is 47.8 Å². The molecular formula is C11H9Br3O5. The molecule has 0 heterocycles. The summed E-state index contributed by atoms with van der Waals surface area (Å²) in [6.45, 7) is 0. The van der Waals surface area contributed by atoms with E-state index in [1.54, 1.807) is 0 Å². The smallest absolute Gasteiger partial charge is 0.337 e. The van der Waals surface area contributed by atoms with Crippen molar-refractivity contribution in [1.29, 1.82) is 0 Å². The topological polar surface area (TPSA) is 72.8 Å². The van der Waals surface area contributed by atoms with Crippen LogP contribution in [0.5, 0.6) is 11.5 Å². The van der Waals surface area contributed by atoms with Crippen LogP contribution in [0.15, 0.2) is 8.95 Å². The molecule has 19 heavy (non-hydrogen) atoms. The van der Waals surface area contributed by atoms with Gasteiger partial charge in [0.2, 0.25) is 0 Å². The number of ketones is 1. The van der Waals surface area contributed by atoms with Gasteiger partial charge >= 0.3 is 5.97 Å². The first-order valence-electron chi connectivity index (χ1n) is 4.86. The molecule has 0 saturated heterocycles. The number of carboxylic acid groups (broad SMARTS) is 1. The fourth-order valence-corrected chi connectivity index (χ4v) is 3.55. The zero-order valence-electron chi connectivity index (χ0n) is 9.92. The average molecular weight is 461 g/mol. The lowest BCUT2D eigenvalue weighted by Crippen LogP contribution is -2.14.